The summed E-state index contributed by atoms with van der Waals surface area (Å²) in [5.41, 5.74) is -0.492. The van der Waals surface area contributed by atoms with E-state index in [1.165, 1.54) is 4.90 Å². The zero-order chi connectivity index (χ0) is 21.9. The minimum absolute atomic E-state index is 0.182. The van der Waals surface area contributed by atoms with E-state index >= 15 is 0 Å². The highest BCUT2D eigenvalue weighted by Gasteiger charge is 2.55. The fraction of sp³-hybridized carbons (Fsp3) is 0.435. The zero-order valence-electron chi connectivity index (χ0n) is 17.7. The number of hydrogen-bond acceptors (Lipinski definition) is 4. The molecular weight excluding hydrogens is 406 g/mol. The van der Waals surface area contributed by atoms with E-state index in [9.17, 15) is 9.90 Å². The number of benzene rings is 2. The summed E-state index contributed by atoms with van der Waals surface area (Å²) in [6.45, 7) is 6.90. The Morgan fingerprint density at radius 3 is 2.50 bits per heavy atom. The lowest BCUT2D eigenvalue weighted by atomic mass is 9.70. The van der Waals surface area contributed by atoms with Gasteiger partial charge in [0.1, 0.15) is 5.60 Å². The number of halogens is 1. The summed E-state index contributed by atoms with van der Waals surface area (Å²) < 4.78 is 18.4. The molecule has 1 N–H and O–H groups in total. The van der Waals surface area contributed by atoms with Gasteiger partial charge >= 0.3 is 6.09 Å². The number of ether oxygens (including phenoxy) is 3. The van der Waals surface area contributed by atoms with Crippen LogP contribution in [0.3, 0.4) is 0 Å². The summed E-state index contributed by atoms with van der Waals surface area (Å²) in [5, 5.41) is 10.2. The Morgan fingerprint density at radius 2 is 1.90 bits per heavy atom. The average Bonchev–Trinajstić information content (AvgIpc) is 2.72. The number of amides is 1. The number of carboxylic acid groups (broad SMARTS) is 1. The minimum atomic E-state index is -0.970. The molecule has 1 heterocycles. The topological polar surface area (TPSA) is 68.2 Å². The van der Waals surface area contributed by atoms with E-state index in [2.05, 4.69) is 0 Å². The molecular formula is C23H28ClNO5. The Kier molecular flexibility index (Phi) is 6.48. The van der Waals surface area contributed by atoms with Crippen molar-refractivity contribution in [3.63, 3.8) is 0 Å². The Morgan fingerprint density at radius 1 is 1.20 bits per heavy atom. The molecule has 2 aromatic carbocycles. The van der Waals surface area contributed by atoms with E-state index < -0.39 is 23.2 Å². The minimum Gasteiger partial charge on any atom is -0.493 e. The lowest BCUT2D eigenvalue weighted by molar-refractivity contribution is -0.207. The second-order valence-electron chi connectivity index (χ2n) is 8.40. The molecule has 7 heteroatoms. The van der Waals surface area contributed by atoms with Crippen molar-refractivity contribution in [3.8, 4) is 11.5 Å². The van der Waals surface area contributed by atoms with E-state index in [1.54, 1.807) is 25.3 Å². The molecule has 0 unspecified atom stereocenters. The van der Waals surface area contributed by atoms with Gasteiger partial charge in [-0.2, -0.15) is 0 Å². The van der Waals surface area contributed by atoms with Crippen molar-refractivity contribution in [1.29, 1.82) is 0 Å². The van der Waals surface area contributed by atoms with Gasteiger partial charge in [0.05, 0.1) is 20.3 Å². The molecule has 1 fully saturated rings. The number of carbonyl (C=O) groups is 1. The fourth-order valence-electron chi connectivity index (χ4n) is 3.84. The molecule has 0 bridgehead atoms. The van der Waals surface area contributed by atoms with E-state index in [0.29, 0.717) is 23.1 Å². The number of methoxy groups -OCH3 is 1. The highest BCUT2D eigenvalue weighted by Crippen LogP contribution is 2.48. The van der Waals surface area contributed by atoms with Crippen LogP contribution in [0.2, 0.25) is 5.02 Å². The molecule has 162 valence electrons. The molecule has 6 nitrogen and oxygen atoms in total. The van der Waals surface area contributed by atoms with Crippen molar-refractivity contribution < 1.29 is 24.1 Å². The fourth-order valence-corrected chi connectivity index (χ4v) is 4.00. The van der Waals surface area contributed by atoms with Crippen LogP contribution in [0, 0.1) is 5.41 Å². The molecule has 0 spiro atoms. The van der Waals surface area contributed by atoms with E-state index in [4.69, 9.17) is 25.8 Å². The van der Waals surface area contributed by atoms with Gasteiger partial charge < -0.3 is 24.2 Å². The van der Waals surface area contributed by atoms with E-state index in [1.807, 2.05) is 51.1 Å². The molecule has 1 aliphatic heterocycles. The zero-order valence-corrected chi connectivity index (χ0v) is 18.5. The van der Waals surface area contributed by atoms with Gasteiger partial charge in [0.25, 0.3) is 0 Å². The standard InChI is InChI=1S/C23H28ClNO5/c1-22(2,3)23(15-25(21(26)27)12-13-29-23)20(16-8-6-5-7-9-16)30-18-11-10-17(24)14-19(18)28-4/h5-11,14,20H,12-13,15H2,1-4H3,(H,26,27)/t20-,23+/m1/s1. The molecule has 1 amide bonds. The van der Waals surface area contributed by atoms with Crippen molar-refractivity contribution >= 4 is 17.7 Å². The number of rotatable bonds is 5. The van der Waals surface area contributed by atoms with Gasteiger partial charge in [0.2, 0.25) is 0 Å². The molecule has 2 aromatic rings. The maximum atomic E-state index is 11.8. The predicted octanol–water partition coefficient (Wildman–Crippen LogP) is 5.26. The monoisotopic (exact) mass is 433 g/mol. The molecule has 30 heavy (non-hydrogen) atoms. The van der Waals surface area contributed by atoms with Crippen LogP contribution in [-0.4, -0.2) is 48.5 Å². The van der Waals surface area contributed by atoms with Crippen molar-refractivity contribution in [3.05, 3.63) is 59.1 Å². The van der Waals surface area contributed by atoms with Crippen molar-refractivity contribution in [2.24, 2.45) is 5.41 Å². The smallest absolute Gasteiger partial charge is 0.407 e. The van der Waals surface area contributed by atoms with Crippen LogP contribution in [0.4, 0.5) is 4.79 Å². The van der Waals surface area contributed by atoms with Crippen molar-refractivity contribution in [2.45, 2.75) is 32.5 Å². The second kappa shape index (κ2) is 8.74. The summed E-state index contributed by atoms with van der Waals surface area (Å²) in [6, 6.07) is 14.9. The Labute approximate surface area is 182 Å². The highest BCUT2D eigenvalue weighted by atomic mass is 35.5. The molecule has 1 saturated heterocycles. The Bertz CT molecular complexity index is 883. The van der Waals surface area contributed by atoms with Gasteiger partial charge in [0, 0.05) is 17.6 Å². The van der Waals surface area contributed by atoms with E-state index in [0.717, 1.165) is 5.56 Å². The third-order valence-corrected chi connectivity index (χ3v) is 5.82. The molecule has 0 aromatic heterocycles. The summed E-state index contributed by atoms with van der Waals surface area (Å²) in [4.78, 5) is 13.2. The highest BCUT2D eigenvalue weighted by molar-refractivity contribution is 6.30. The van der Waals surface area contributed by atoms with Gasteiger partial charge in [-0.3, -0.25) is 0 Å². The molecule has 0 saturated carbocycles. The van der Waals surface area contributed by atoms with Crippen LogP contribution in [0.1, 0.15) is 32.4 Å². The van der Waals surface area contributed by atoms with Crippen LogP contribution in [0.5, 0.6) is 11.5 Å². The first-order valence-electron chi connectivity index (χ1n) is 9.85. The first-order chi connectivity index (χ1) is 14.2. The largest absolute Gasteiger partial charge is 0.493 e. The van der Waals surface area contributed by atoms with E-state index in [-0.39, 0.29) is 13.2 Å². The molecule has 1 aliphatic rings. The van der Waals surface area contributed by atoms with Gasteiger partial charge in [0.15, 0.2) is 17.6 Å². The summed E-state index contributed by atoms with van der Waals surface area (Å²) >= 11 is 6.12. The average molecular weight is 434 g/mol. The van der Waals surface area contributed by atoms with Crippen LogP contribution in [0.15, 0.2) is 48.5 Å². The third-order valence-electron chi connectivity index (χ3n) is 5.58. The lowest BCUT2D eigenvalue weighted by Crippen LogP contribution is -2.63. The number of hydrogen-bond donors (Lipinski definition) is 1. The van der Waals surface area contributed by atoms with Crippen LogP contribution in [0.25, 0.3) is 0 Å². The quantitative estimate of drug-likeness (QED) is 0.696. The van der Waals surface area contributed by atoms with Gasteiger partial charge in [-0.1, -0.05) is 62.7 Å². The Balaban J connectivity index is 2.14. The first kappa shape index (κ1) is 22.2. The normalized spacial score (nSPS) is 20.5. The van der Waals surface area contributed by atoms with Crippen molar-refractivity contribution in [2.75, 3.05) is 26.8 Å². The third kappa shape index (κ3) is 4.35. The first-order valence-corrected chi connectivity index (χ1v) is 10.2. The maximum absolute atomic E-state index is 11.8. The summed E-state index contributed by atoms with van der Waals surface area (Å²) in [6.07, 6.45) is -1.56. The molecule has 3 rings (SSSR count). The summed E-state index contributed by atoms with van der Waals surface area (Å²) in [7, 11) is 1.55. The summed E-state index contributed by atoms with van der Waals surface area (Å²) in [5.74, 6) is 1.01. The Hall–Kier alpha value is -2.44. The van der Waals surface area contributed by atoms with Crippen LogP contribution < -0.4 is 9.47 Å². The predicted molar refractivity (Wildman–Crippen MR) is 116 cm³/mol. The lowest BCUT2D eigenvalue weighted by Gasteiger charge is -2.53. The molecule has 0 aliphatic carbocycles. The SMILES string of the molecule is COc1cc(Cl)ccc1O[C@H](c1ccccc1)[C@]1(C(C)(C)C)CN(C(=O)O)CCO1. The maximum Gasteiger partial charge on any atom is 0.407 e. The van der Waals surface area contributed by atoms with Crippen LogP contribution >= 0.6 is 11.6 Å². The van der Waals surface area contributed by atoms with Gasteiger partial charge in [-0.25, -0.2) is 4.79 Å². The second-order valence-corrected chi connectivity index (χ2v) is 8.83. The van der Waals surface area contributed by atoms with Crippen molar-refractivity contribution in [1.82, 2.24) is 4.90 Å². The van der Waals surface area contributed by atoms with Gasteiger partial charge in [-0.15, -0.1) is 0 Å². The molecule has 2 atom stereocenters. The van der Waals surface area contributed by atoms with Gasteiger partial charge in [-0.05, 0) is 23.1 Å². The number of morpholine rings is 1. The number of nitrogens with zero attached hydrogens (tertiary/aromatic N) is 1. The van der Waals surface area contributed by atoms with Crippen LogP contribution in [-0.2, 0) is 4.74 Å². The molecule has 0 radical (unpaired) electrons.